The highest BCUT2D eigenvalue weighted by Gasteiger charge is 2.21. The minimum atomic E-state index is -0.215. The number of rotatable bonds is 5. The molecule has 1 aliphatic rings. The lowest BCUT2D eigenvalue weighted by atomic mass is 10.1. The first-order valence-corrected chi connectivity index (χ1v) is 12.0. The van der Waals surface area contributed by atoms with Crippen molar-refractivity contribution >= 4 is 34.0 Å². The monoisotopic (exact) mass is 450 g/mol. The first-order chi connectivity index (χ1) is 15.1. The zero-order chi connectivity index (χ0) is 21.8. The van der Waals surface area contributed by atoms with Gasteiger partial charge in [0.1, 0.15) is 11.1 Å². The molecule has 2 aromatic heterocycles. The summed E-state index contributed by atoms with van der Waals surface area (Å²) in [6.45, 7) is 1.76. The number of nitrogens with one attached hydrogen (secondary N) is 1. The van der Waals surface area contributed by atoms with E-state index in [2.05, 4.69) is 16.4 Å². The molecule has 0 atom stereocenters. The van der Waals surface area contributed by atoms with Gasteiger partial charge >= 0.3 is 0 Å². The number of hydrogen-bond donors (Lipinski definition) is 1. The molecule has 158 valence electrons. The van der Waals surface area contributed by atoms with Crippen LogP contribution in [0.1, 0.15) is 41.0 Å². The van der Waals surface area contributed by atoms with E-state index in [9.17, 15) is 14.9 Å². The molecule has 6 nitrogen and oxygen atoms in total. The van der Waals surface area contributed by atoms with Crippen LogP contribution in [0.2, 0.25) is 0 Å². The van der Waals surface area contributed by atoms with Gasteiger partial charge in [0.15, 0.2) is 5.16 Å². The second kappa shape index (κ2) is 9.50. The molecule has 3 aromatic rings. The summed E-state index contributed by atoms with van der Waals surface area (Å²) >= 11 is 2.73. The highest BCUT2D eigenvalue weighted by molar-refractivity contribution is 7.99. The second-order valence-corrected chi connectivity index (χ2v) is 9.45. The van der Waals surface area contributed by atoms with Crippen LogP contribution >= 0.6 is 23.1 Å². The van der Waals surface area contributed by atoms with Gasteiger partial charge in [-0.3, -0.25) is 14.2 Å². The van der Waals surface area contributed by atoms with Crippen molar-refractivity contribution < 1.29 is 4.79 Å². The number of aryl methyl sites for hydroxylation is 2. The first kappa shape index (κ1) is 21.3. The number of hydrogen-bond acceptors (Lipinski definition) is 6. The van der Waals surface area contributed by atoms with Gasteiger partial charge in [-0.05, 0) is 50.3 Å². The Morgan fingerprint density at radius 2 is 2.03 bits per heavy atom. The molecule has 0 fully saturated rings. The van der Waals surface area contributed by atoms with Gasteiger partial charge in [-0.15, -0.1) is 11.3 Å². The summed E-state index contributed by atoms with van der Waals surface area (Å²) in [6, 6.07) is 13.0. The molecule has 0 unspecified atom stereocenters. The van der Waals surface area contributed by atoms with Crippen molar-refractivity contribution in [3.8, 4) is 11.8 Å². The van der Waals surface area contributed by atoms with Gasteiger partial charge in [-0.25, -0.2) is 4.98 Å². The Labute approximate surface area is 189 Å². The van der Waals surface area contributed by atoms with E-state index >= 15 is 0 Å². The number of thiophene rings is 1. The highest BCUT2D eigenvalue weighted by atomic mass is 32.2. The second-order valence-electron chi connectivity index (χ2n) is 7.41. The van der Waals surface area contributed by atoms with Crippen LogP contribution in [0, 0.1) is 18.3 Å². The van der Waals surface area contributed by atoms with Crippen molar-refractivity contribution in [2.24, 2.45) is 0 Å². The summed E-state index contributed by atoms with van der Waals surface area (Å²) in [6.07, 6.45) is 5.25. The number of thioether (sulfide) groups is 1. The van der Waals surface area contributed by atoms with Crippen LogP contribution in [0.4, 0.5) is 5.00 Å². The van der Waals surface area contributed by atoms with Gasteiger partial charge < -0.3 is 5.32 Å². The molecule has 31 heavy (non-hydrogen) atoms. The number of para-hydroxylation sites is 1. The van der Waals surface area contributed by atoms with E-state index < -0.39 is 0 Å². The molecule has 1 aromatic carbocycles. The predicted molar refractivity (Wildman–Crippen MR) is 124 cm³/mol. The van der Waals surface area contributed by atoms with Gasteiger partial charge in [-0.1, -0.05) is 36.4 Å². The number of fused-ring (bicyclic) bond motifs is 1. The molecule has 1 N–H and O–H groups in total. The summed E-state index contributed by atoms with van der Waals surface area (Å²) in [5.74, 6) is -0.121. The van der Waals surface area contributed by atoms with Crippen LogP contribution in [0.25, 0.3) is 5.69 Å². The molecular formula is C23H22N4O2S2. The number of anilines is 1. The van der Waals surface area contributed by atoms with Crippen molar-refractivity contribution in [1.29, 1.82) is 5.26 Å². The fraction of sp³-hybridized carbons (Fsp3) is 0.304. The van der Waals surface area contributed by atoms with E-state index in [0.717, 1.165) is 31.2 Å². The molecule has 1 aliphatic carbocycles. The molecule has 4 rings (SSSR count). The molecule has 1 amide bonds. The van der Waals surface area contributed by atoms with Crippen molar-refractivity contribution in [2.75, 3.05) is 11.1 Å². The summed E-state index contributed by atoms with van der Waals surface area (Å²) in [5.41, 5.74) is 2.84. The van der Waals surface area contributed by atoms with E-state index in [1.165, 1.54) is 45.0 Å². The Kier molecular flexibility index (Phi) is 6.54. The highest BCUT2D eigenvalue weighted by Crippen LogP contribution is 2.37. The minimum absolute atomic E-state index is 0.0934. The van der Waals surface area contributed by atoms with Gasteiger partial charge in [0.2, 0.25) is 5.91 Å². The molecular weight excluding hydrogens is 428 g/mol. The predicted octanol–water partition coefficient (Wildman–Crippen LogP) is 4.47. The average molecular weight is 451 g/mol. The van der Waals surface area contributed by atoms with Gasteiger partial charge in [0.05, 0.1) is 17.0 Å². The maximum Gasteiger partial charge on any atom is 0.258 e. The fourth-order valence-electron chi connectivity index (χ4n) is 3.72. The number of carbonyl (C=O) groups is 1. The van der Waals surface area contributed by atoms with E-state index in [1.807, 2.05) is 30.3 Å². The summed E-state index contributed by atoms with van der Waals surface area (Å²) in [4.78, 5) is 31.0. The smallest absolute Gasteiger partial charge is 0.258 e. The van der Waals surface area contributed by atoms with Gasteiger partial charge in [0, 0.05) is 16.6 Å². The summed E-state index contributed by atoms with van der Waals surface area (Å²) in [7, 11) is 0. The van der Waals surface area contributed by atoms with Crippen molar-refractivity contribution in [1.82, 2.24) is 9.55 Å². The Balaban J connectivity index is 1.53. The largest absolute Gasteiger partial charge is 0.316 e. The van der Waals surface area contributed by atoms with Crippen LogP contribution in [-0.2, 0) is 17.6 Å². The van der Waals surface area contributed by atoms with E-state index in [1.54, 1.807) is 6.92 Å². The zero-order valence-corrected chi connectivity index (χ0v) is 18.8. The third-order valence-electron chi connectivity index (χ3n) is 5.15. The Bertz CT molecular complexity index is 1210. The summed E-state index contributed by atoms with van der Waals surface area (Å²) in [5, 5.41) is 13.7. The quantitative estimate of drug-likeness (QED) is 0.352. The Hall–Kier alpha value is -2.89. The van der Waals surface area contributed by atoms with Gasteiger partial charge in [0.25, 0.3) is 5.56 Å². The molecule has 2 heterocycles. The van der Waals surface area contributed by atoms with Crippen LogP contribution in [0.15, 0.2) is 46.3 Å². The third-order valence-corrected chi connectivity index (χ3v) is 7.29. The van der Waals surface area contributed by atoms with E-state index in [0.29, 0.717) is 27.1 Å². The average Bonchev–Trinajstić information content (AvgIpc) is 2.91. The maximum absolute atomic E-state index is 12.7. The third kappa shape index (κ3) is 4.73. The van der Waals surface area contributed by atoms with Gasteiger partial charge in [-0.2, -0.15) is 5.26 Å². The SMILES string of the molecule is Cc1cc(=O)n(-c2ccccc2)c(SCC(=O)Nc2sc3c(c2C#N)CCCCC3)n1. The molecule has 8 heteroatoms. The first-order valence-electron chi connectivity index (χ1n) is 10.2. The number of amides is 1. The standard InChI is InChI=1S/C23H22N4O2S2/c1-15-12-21(29)27(16-8-4-2-5-9-16)23(25-15)30-14-20(28)26-22-18(13-24)17-10-6-3-7-11-19(17)31-22/h2,4-5,8-9,12H,3,6-7,10-11,14H2,1H3,(H,26,28). The normalized spacial score (nSPS) is 13.2. The molecule has 0 saturated heterocycles. The lowest BCUT2D eigenvalue weighted by Crippen LogP contribution is -2.22. The maximum atomic E-state index is 12.7. The van der Waals surface area contributed by atoms with Crippen LogP contribution < -0.4 is 10.9 Å². The lowest BCUT2D eigenvalue weighted by Gasteiger charge is -2.12. The van der Waals surface area contributed by atoms with Crippen LogP contribution in [0.3, 0.4) is 0 Å². The zero-order valence-electron chi connectivity index (χ0n) is 17.2. The topological polar surface area (TPSA) is 87.8 Å². The lowest BCUT2D eigenvalue weighted by molar-refractivity contribution is -0.113. The Morgan fingerprint density at radius 3 is 2.81 bits per heavy atom. The number of nitriles is 1. The number of carbonyl (C=O) groups excluding carboxylic acids is 1. The van der Waals surface area contributed by atoms with Crippen molar-refractivity contribution in [2.45, 2.75) is 44.2 Å². The fourth-order valence-corrected chi connectivity index (χ4v) is 5.85. The number of benzene rings is 1. The van der Waals surface area contributed by atoms with Crippen molar-refractivity contribution in [3.05, 3.63) is 68.4 Å². The van der Waals surface area contributed by atoms with E-state index in [4.69, 9.17) is 0 Å². The van der Waals surface area contributed by atoms with Crippen LogP contribution in [0.5, 0.6) is 0 Å². The number of nitrogens with zero attached hydrogens (tertiary/aromatic N) is 3. The molecule has 0 bridgehead atoms. The molecule has 0 radical (unpaired) electrons. The minimum Gasteiger partial charge on any atom is -0.316 e. The Morgan fingerprint density at radius 1 is 1.26 bits per heavy atom. The van der Waals surface area contributed by atoms with Crippen molar-refractivity contribution in [3.63, 3.8) is 0 Å². The van der Waals surface area contributed by atoms with Crippen LogP contribution in [-0.4, -0.2) is 21.2 Å². The summed E-state index contributed by atoms with van der Waals surface area (Å²) < 4.78 is 1.51. The molecule has 0 aliphatic heterocycles. The molecule has 0 spiro atoms. The van der Waals surface area contributed by atoms with E-state index in [-0.39, 0.29) is 17.2 Å². The number of aromatic nitrogens is 2. The molecule has 0 saturated carbocycles.